The summed E-state index contributed by atoms with van der Waals surface area (Å²) in [5.41, 5.74) is 2.92. The van der Waals surface area contributed by atoms with Gasteiger partial charge < -0.3 is 4.90 Å². The van der Waals surface area contributed by atoms with Crippen molar-refractivity contribution >= 4 is 0 Å². The van der Waals surface area contributed by atoms with Crippen molar-refractivity contribution < 1.29 is 26.3 Å². The Kier molecular flexibility index (Phi) is 8.48. The van der Waals surface area contributed by atoms with Crippen LogP contribution in [0.1, 0.15) is 48.8 Å². The minimum Gasteiger partial charge on any atom is -0.303 e. The lowest BCUT2D eigenvalue weighted by Crippen LogP contribution is -2.35. The highest BCUT2D eigenvalue weighted by Gasteiger charge is 2.59. The van der Waals surface area contributed by atoms with Crippen molar-refractivity contribution in [2.45, 2.75) is 57.3 Å². The molecule has 2 aromatic carbocycles. The van der Waals surface area contributed by atoms with Crippen molar-refractivity contribution in [1.29, 1.82) is 0 Å². The molecule has 0 N–H and O–H groups in total. The van der Waals surface area contributed by atoms with Gasteiger partial charge in [-0.15, -0.1) is 0 Å². The van der Waals surface area contributed by atoms with Crippen LogP contribution in [0, 0.1) is 11.8 Å². The quantitative estimate of drug-likeness (QED) is 0.344. The van der Waals surface area contributed by atoms with Crippen LogP contribution in [0.3, 0.4) is 0 Å². The number of rotatable bonds is 9. The van der Waals surface area contributed by atoms with E-state index in [-0.39, 0.29) is 0 Å². The Labute approximate surface area is 191 Å². The van der Waals surface area contributed by atoms with Gasteiger partial charge >= 0.3 is 12.4 Å². The Morgan fingerprint density at radius 3 is 1.79 bits per heavy atom. The maximum absolute atomic E-state index is 13.2. The van der Waals surface area contributed by atoms with Gasteiger partial charge in [0.1, 0.15) is 0 Å². The van der Waals surface area contributed by atoms with Gasteiger partial charge in [0.25, 0.3) is 0 Å². The first kappa shape index (κ1) is 25.6. The molecule has 0 saturated heterocycles. The molecule has 0 aliphatic heterocycles. The number of hydrogen-bond acceptors (Lipinski definition) is 1. The predicted octanol–water partition coefficient (Wildman–Crippen LogP) is 7.42. The Hall–Kier alpha value is -2.02. The zero-order chi connectivity index (χ0) is 24.1. The maximum atomic E-state index is 13.2. The molecule has 0 heterocycles. The van der Waals surface area contributed by atoms with Gasteiger partial charge in [0.05, 0.1) is 11.8 Å². The molecule has 1 fully saturated rings. The van der Waals surface area contributed by atoms with Crippen LogP contribution in [0.5, 0.6) is 0 Å². The fraction of sp³-hybridized carbons (Fsp3) is 0.538. The number of nitrogens with zero attached hydrogens (tertiary/aromatic N) is 1. The van der Waals surface area contributed by atoms with E-state index in [0.29, 0.717) is 5.56 Å². The third-order valence-corrected chi connectivity index (χ3v) is 6.80. The number of halogens is 6. The van der Waals surface area contributed by atoms with Gasteiger partial charge in [-0.25, -0.2) is 0 Å². The van der Waals surface area contributed by atoms with Crippen molar-refractivity contribution in [1.82, 2.24) is 4.90 Å². The standard InChI is InChI=1S/C26H31F6N/c1-2-33(16-14-19-7-4-3-5-8-19)15-6-9-20-10-12-21(13-11-20)22-17-23(25(27,28)29)24(18-22)26(30,31)32/h3-5,7-8,10-13,22-24H,2,6,9,14-18H2,1H3. The average molecular weight is 472 g/mol. The Balaban J connectivity index is 1.50. The van der Waals surface area contributed by atoms with E-state index in [0.717, 1.165) is 44.5 Å². The second-order valence-electron chi connectivity index (χ2n) is 8.98. The summed E-state index contributed by atoms with van der Waals surface area (Å²) >= 11 is 0. The van der Waals surface area contributed by atoms with Crippen LogP contribution >= 0.6 is 0 Å². The Morgan fingerprint density at radius 1 is 0.727 bits per heavy atom. The minimum atomic E-state index is -4.83. The van der Waals surface area contributed by atoms with E-state index in [2.05, 4.69) is 24.0 Å². The van der Waals surface area contributed by atoms with Crippen LogP contribution in [0.4, 0.5) is 26.3 Å². The molecule has 33 heavy (non-hydrogen) atoms. The normalized spacial score (nSPS) is 21.6. The van der Waals surface area contributed by atoms with E-state index in [4.69, 9.17) is 0 Å². The highest BCUT2D eigenvalue weighted by molar-refractivity contribution is 5.27. The summed E-state index contributed by atoms with van der Waals surface area (Å²) in [6, 6.07) is 17.4. The number of hydrogen-bond donors (Lipinski definition) is 0. The molecule has 7 heteroatoms. The third-order valence-electron chi connectivity index (χ3n) is 6.80. The first-order valence-corrected chi connectivity index (χ1v) is 11.6. The van der Waals surface area contributed by atoms with Crippen LogP contribution in [-0.4, -0.2) is 36.9 Å². The largest absolute Gasteiger partial charge is 0.392 e. The molecule has 2 unspecified atom stereocenters. The Bertz CT molecular complexity index is 822. The molecule has 0 radical (unpaired) electrons. The van der Waals surface area contributed by atoms with Gasteiger partial charge in [0.15, 0.2) is 0 Å². The third kappa shape index (κ3) is 7.23. The summed E-state index contributed by atoms with van der Waals surface area (Å²) in [6.45, 7) is 4.99. The van der Waals surface area contributed by atoms with Gasteiger partial charge in [-0.3, -0.25) is 0 Å². The van der Waals surface area contributed by atoms with E-state index in [9.17, 15) is 26.3 Å². The van der Waals surface area contributed by atoms with Gasteiger partial charge in [0, 0.05) is 6.54 Å². The smallest absolute Gasteiger partial charge is 0.303 e. The van der Waals surface area contributed by atoms with Gasteiger partial charge in [-0.05, 0) is 67.8 Å². The second-order valence-corrected chi connectivity index (χ2v) is 8.98. The van der Waals surface area contributed by atoms with Crippen molar-refractivity contribution in [3.05, 3.63) is 71.3 Å². The summed E-state index contributed by atoms with van der Waals surface area (Å²) in [7, 11) is 0. The Morgan fingerprint density at radius 2 is 1.27 bits per heavy atom. The lowest BCUT2D eigenvalue weighted by Gasteiger charge is -2.24. The van der Waals surface area contributed by atoms with Crippen LogP contribution in [0.2, 0.25) is 0 Å². The lowest BCUT2D eigenvalue weighted by molar-refractivity contribution is -0.245. The van der Waals surface area contributed by atoms with Gasteiger partial charge in [-0.1, -0.05) is 61.5 Å². The molecule has 0 bridgehead atoms. The zero-order valence-corrected chi connectivity index (χ0v) is 18.8. The van der Waals surface area contributed by atoms with Crippen molar-refractivity contribution in [2.75, 3.05) is 19.6 Å². The van der Waals surface area contributed by atoms with E-state index < -0.39 is 42.9 Å². The molecule has 1 nitrogen and oxygen atoms in total. The highest BCUT2D eigenvalue weighted by atomic mass is 19.4. The van der Waals surface area contributed by atoms with Gasteiger partial charge in [0.2, 0.25) is 0 Å². The summed E-state index contributed by atoms with van der Waals surface area (Å²) in [6.07, 6.45) is -7.91. The molecule has 3 rings (SSSR count). The number of alkyl halides is 6. The van der Waals surface area contributed by atoms with E-state index in [1.54, 1.807) is 12.1 Å². The minimum absolute atomic E-state index is 0.500. The lowest BCUT2D eigenvalue weighted by atomic mass is 9.94. The summed E-state index contributed by atoms with van der Waals surface area (Å²) in [4.78, 5) is 2.38. The fourth-order valence-electron chi connectivity index (χ4n) is 4.86. The topological polar surface area (TPSA) is 3.24 Å². The monoisotopic (exact) mass is 471 g/mol. The predicted molar refractivity (Wildman–Crippen MR) is 118 cm³/mol. The summed E-state index contributed by atoms with van der Waals surface area (Å²) in [5.74, 6) is -5.36. The highest BCUT2D eigenvalue weighted by Crippen LogP contribution is 2.54. The van der Waals surface area contributed by atoms with Crippen LogP contribution in [0.15, 0.2) is 54.6 Å². The summed E-state index contributed by atoms with van der Waals surface area (Å²) in [5, 5.41) is 0. The first-order valence-electron chi connectivity index (χ1n) is 11.6. The SMILES string of the molecule is CCN(CCCc1ccc(C2CC(C(F)(F)F)C(C(F)(F)F)C2)cc1)CCc1ccccc1. The molecule has 0 spiro atoms. The van der Waals surface area contributed by atoms with E-state index in [1.807, 2.05) is 30.3 Å². The number of likely N-dealkylation sites (N-methyl/N-ethyl adjacent to an activating group) is 1. The molecule has 1 aliphatic carbocycles. The molecule has 1 aliphatic rings. The first-order chi connectivity index (χ1) is 15.6. The molecule has 182 valence electrons. The van der Waals surface area contributed by atoms with Crippen LogP contribution in [0.25, 0.3) is 0 Å². The molecule has 2 aromatic rings. The zero-order valence-electron chi connectivity index (χ0n) is 18.8. The van der Waals surface area contributed by atoms with Crippen LogP contribution in [-0.2, 0) is 12.8 Å². The molecule has 0 aromatic heterocycles. The molecular weight excluding hydrogens is 440 g/mol. The molecule has 1 saturated carbocycles. The van der Waals surface area contributed by atoms with Crippen LogP contribution < -0.4 is 0 Å². The van der Waals surface area contributed by atoms with Gasteiger partial charge in [-0.2, -0.15) is 26.3 Å². The number of aryl methyl sites for hydroxylation is 1. The molecule has 2 atom stereocenters. The second kappa shape index (κ2) is 10.9. The van der Waals surface area contributed by atoms with E-state index in [1.165, 1.54) is 5.56 Å². The van der Waals surface area contributed by atoms with Crippen molar-refractivity contribution in [3.63, 3.8) is 0 Å². The van der Waals surface area contributed by atoms with Crippen molar-refractivity contribution in [3.8, 4) is 0 Å². The van der Waals surface area contributed by atoms with Crippen molar-refractivity contribution in [2.24, 2.45) is 11.8 Å². The fourth-order valence-corrected chi connectivity index (χ4v) is 4.86. The summed E-state index contributed by atoms with van der Waals surface area (Å²) < 4.78 is 79.1. The number of benzene rings is 2. The maximum Gasteiger partial charge on any atom is 0.392 e. The molecular formula is C26H31F6N. The van der Waals surface area contributed by atoms with E-state index >= 15 is 0 Å². The molecule has 0 amide bonds. The average Bonchev–Trinajstić information content (AvgIpc) is 3.24.